The zero-order chi connectivity index (χ0) is 12.1. The molecule has 0 aromatic heterocycles. The van der Waals surface area contributed by atoms with E-state index in [9.17, 15) is 8.78 Å². The summed E-state index contributed by atoms with van der Waals surface area (Å²) in [5.74, 6) is -0.0864. The molecular formula is C14H20ClF2N. The summed E-state index contributed by atoms with van der Waals surface area (Å²) in [5.41, 5.74) is 0.251. The van der Waals surface area contributed by atoms with Crippen molar-refractivity contribution in [2.75, 3.05) is 13.1 Å². The van der Waals surface area contributed by atoms with E-state index >= 15 is 0 Å². The minimum Gasteiger partial charge on any atom is -0.317 e. The number of nitrogens with one attached hydrogen (secondary N) is 1. The van der Waals surface area contributed by atoms with Crippen molar-refractivity contribution in [3.8, 4) is 0 Å². The summed E-state index contributed by atoms with van der Waals surface area (Å²) in [4.78, 5) is 0. The number of benzene rings is 1. The van der Waals surface area contributed by atoms with E-state index in [0.29, 0.717) is 6.42 Å². The molecule has 0 radical (unpaired) electrons. The first-order valence-electron chi connectivity index (χ1n) is 6.41. The molecule has 1 fully saturated rings. The average molecular weight is 276 g/mol. The van der Waals surface area contributed by atoms with Crippen molar-refractivity contribution >= 4 is 12.4 Å². The van der Waals surface area contributed by atoms with E-state index in [1.165, 1.54) is 31.0 Å². The quantitative estimate of drug-likeness (QED) is 0.883. The second-order valence-corrected chi connectivity index (χ2v) is 4.79. The highest BCUT2D eigenvalue weighted by Gasteiger charge is 2.14. The van der Waals surface area contributed by atoms with Crippen LogP contribution in [0.1, 0.15) is 31.2 Å². The van der Waals surface area contributed by atoms with Gasteiger partial charge in [-0.2, -0.15) is 0 Å². The van der Waals surface area contributed by atoms with Crippen molar-refractivity contribution in [2.45, 2.75) is 32.1 Å². The Labute approximate surface area is 113 Å². The summed E-state index contributed by atoms with van der Waals surface area (Å²) in [6, 6.07) is 4.09. The molecule has 1 heterocycles. The van der Waals surface area contributed by atoms with E-state index in [-0.39, 0.29) is 18.0 Å². The van der Waals surface area contributed by atoms with Crippen LogP contribution in [0.4, 0.5) is 8.78 Å². The van der Waals surface area contributed by atoms with E-state index in [0.717, 1.165) is 31.8 Å². The van der Waals surface area contributed by atoms with Gasteiger partial charge in [0.2, 0.25) is 0 Å². The molecule has 102 valence electrons. The summed E-state index contributed by atoms with van der Waals surface area (Å²) in [7, 11) is 0. The SMILES string of the molecule is Cl.Fc1cccc(F)c1CCCC1CCNCC1. The van der Waals surface area contributed by atoms with E-state index in [1.54, 1.807) is 0 Å². The second-order valence-electron chi connectivity index (χ2n) is 4.79. The minimum atomic E-state index is -0.407. The number of hydrogen-bond acceptors (Lipinski definition) is 1. The fourth-order valence-electron chi connectivity index (χ4n) is 2.51. The third-order valence-corrected chi connectivity index (χ3v) is 3.56. The molecule has 1 N–H and O–H groups in total. The van der Waals surface area contributed by atoms with Gasteiger partial charge in [-0.1, -0.05) is 12.5 Å². The van der Waals surface area contributed by atoms with Crippen LogP contribution < -0.4 is 5.32 Å². The molecule has 4 heteroatoms. The van der Waals surface area contributed by atoms with Crippen LogP contribution in [0, 0.1) is 17.6 Å². The molecule has 2 rings (SSSR count). The van der Waals surface area contributed by atoms with Crippen molar-refractivity contribution in [1.29, 1.82) is 0 Å². The smallest absolute Gasteiger partial charge is 0.129 e. The summed E-state index contributed by atoms with van der Waals surface area (Å²) >= 11 is 0. The molecule has 1 aromatic carbocycles. The molecule has 0 atom stereocenters. The Hall–Kier alpha value is -0.670. The van der Waals surface area contributed by atoms with Crippen LogP contribution in [0.5, 0.6) is 0 Å². The van der Waals surface area contributed by atoms with Crippen LogP contribution in [0.15, 0.2) is 18.2 Å². The van der Waals surface area contributed by atoms with Gasteiger partial charge < -0.3 is 5.32 Å². The Morgan fingerprint density at radius 1 is 1.11 bits per heavy atom. The van der Waals surface area contributed by atoms with Gasteiger partial charge in [-0.05, 0) is 56.8 Å². The van der Waals surface area contributed by atoms with Crippen molar-refractivity contribution in [3.05, 3.63) is 35.4 Å². The Bertz CT molecular complexity index is 345. The molecule has 0 unspecified atom stereocenters. The van der Waals surface area contributed by atoms with Gasteiger partial charge in [-0.25, -0.2) is 8.78 Å². The standard InChI is InChI=1S/C14H19F2N.ClH/c15-13-5-2-6-14(16)12(13)4-1-3-11-7-9-17-10-8-11;/h2,5-6,11,17H,1,3-4,7-10H2;1H. The van der Waals surface area contributed by atoms with Crippen LogP contribution in [-0.2, 0) is 6.42 Å². The maximum Gasteiger partial charge on any atom is 0.129 e. The predicted octanol–water partition coefficient (Wildman–Crippen LogP) is 3.71. The molecule has 1 aliphatic rings. The minimum absolute atomic E-state index is 0. The number of hydrogen-bond donors (Lipinski definition) is 1. The first kappa shape index (κ1) is 15.4. The normalized spacial score (nSPS) is 16.3. The largest absolute Gasteiger partial charge is 0.317 e. The molecular weight excluding hydrogens is 256 g/mol. The van der Waals surface area contributed by atoms with Gasteiger partial charge in [0.1, 0.15) is 11.6 Å². The Morgan fingerprint density at radius 2 is 1.72 bits per heavy atom. The van der Waals surface area contributed by atoms with Gasteiger partial charge >= 0.3 is 0 Å². The molecule has 0 spiro atoms. The molecule has 1 aromatic rings. The Kier molecular flexibility index (Phi) is 6.58. The van der Waals surface area contributed by atoms with Gasteiger partial charge in [0.05, 0.1) is 0 Å². The highest BCUT2D eigenvalue weighted by Crippen LogP contribution is 2.21. The third kappa shape index (κ3) is 4.21. The van der Waals surface area contributed by atoms with E-state index in [4.69, 9.17) is 0 Å². The predicted molar refractivity (Wildman–Crippen MR) is 72.1 cm³/mol. The summed E-state index contributed by atoms with van der Waals surface area (Å²) in [6.45, 7) is 2.16. The molecule has 1 nitrogen and oxygen atoms in total. The van der Waals surface area contributed by atoms with Crippen LogP contribution in [0.3, 0.4) is 0 Å². The average Bonchev–Trinajstić information content (AvgIpc) is 2.34. The number of rotatable bonds is 4. The maximum atomic E-state index is 13.4. The fourth-order valence-corrected chi connectivity index (χ4v) is 2.51. The van der Waals surface area contributed by atoms with Gasteiger partial charge in [-0.15, -0.1) is 12.4 Å². The van der Waals surface area contributed by atoms with E-state index in [2.05, 4.69) is 5.32 Å². The van der Waals surface area contributed by atoms with Gasteiger partial charge in [0.15, 0.2) is 0 Å². The lowest BCUT2D eigenvalue weighted by atomic mass is 9.91. The summed E-state index contributed by atoms with van der Waals surface area (Å²) in [6.07, 6.45) is 4.86. The van der Waals surface area contributed by atoms with Crippen molar-refractivity contribution in [1.82, 2.24) is 5.32 Å². The van der Waals surface area contributed by atoms with Crippen molar-refractivity contribution in [2.24, 2.45) is 5.92 Å². The molecule has 0 bridgehead atoms. The number of piperidine rings is 1. The second kappa shape index (κ2) is 7.70. The molecule has 0 amide bonds. The van der Waals surface area contributed by atoms with Crippen LogP contribution >= 0.6 is 12.4 Å². The van der Waals surface area contributed by atoms with E-state index < -0.39 is 11.6 Å². The van der Waals surface area contributed by atoms with E-state index in [1.807, 2.05) is 0 Å². The van der Waals surface area contributed by atoms with Crippen molar-refractivity contribution in [3.63, 3.8) is 0 Å². The molecule has 1 aliphatic heterocycles. The lowest BCUT2D eigenvalue weighted by Gasteiger charge is -2.22. The van der Waals surface area contributed by atoms with Crippen LogP contribution in [0.25, 0.3) is 0 Å². The van der Waals surface area contributed by atoms with Gasteiger partial charge in [0.25, 0.3) is 0 Å². The Morgan fingerprint density at radius 3 is 2.33 bits per heavy atom. The third-order valence-electron chi connectivity index (χ3n) is 3.56. The van der Waals surface area contributed by atoms with Crippen LogP contribution in [-0.4, -0.2) is 13.1 Å². The monoisotopic (exact) mass is 275 g/mol. The first-order chi connectivity index (χ1) is 8.27. The lowest BCUT2D eigenvalue weighted by Crippen LogP contribution is -2.27. The fraction of sp³-hybridized carbons (Fsp3) is 0.571. The zero-order valence-electron chi connectivity index (χ0n) is 10.4. The molecule has 0 saturated carbocycles. The first-order valence-corrected chi connectivity index (χ1v) is 6.41. The lowest BCUT2D eigenvalue weighted by molar-refractivity contribution is 0.346. The molecule has 1 saturated heterocycles. The summed E-state index contributed by atoms with van der Waals surface area (Å²) < 4.78 is 26.7. The molecule has 18 heavy (non-hydrogen) atoms. The highest BCUT2D eigenvalue weighted by atomic mass is 35.5. The zero-order valence-corrected chi connectivity index (χ0v) is 11.2. The number of halogens is 3. The topological polar surface area (TPSA) is 12.0 Å². The van der Waals surface area contributed by atoms with Crippen molar-refractivity contribution < 1.29 is 8.78 Å². The summed E-state index contributed by atoms with van der Waals surface area (Å²) in [5, 5.41) is 3.32. The Balaban J connectivity index is 0.00000162. The van der Waals surface area contributed by atoms with Gasteiger partial charge in [-0.3, -0.25) is 0 Å². The van der Waals surface area contributed by atoms with Gasteiger partial charge in [0, 0.05) is 5.56 Å². The van der Waals surface area contributed by atoms with Crippen LogP contribution in [0.2, 0.25) is 0 Å². The molecule has 0 aliphatic carbocycles. The maximum absolute atomic E-state index is 13.4. The highest BCUT2D eigenvalue weighted by molar-refractivity contribution is 5.85.